The third-order valence-corrected chi connectivity index (χ3v) is 5.53. The second kappa shape index (κ2) is 9.98. The van der Waals surface area contributed by atoms with Crippen LogP contribution >= 0.6 is 0 Å². The summed E-state index contributed by atoms with van der Waals surface area (Å²) in [6.45, 7) is 1.90. The predicted octanol–water partition coefficient (Wildman–Crippen LogP) is 5.17. The molecule has 0 radical (unpaired) electrons. The van der Waals surface area contributed by atoms with Crippen LogP contribution in [0.1, 0.15) is 22.8 Å². The standard InChI is InChI=1S/C27H26O6/c1-28-24-14-19(9-11-22(24)30-16-20-6-3-2-4-7-20)8-5-13-29-27(26-17-31-26)21-10-12-23-25(15-21)33-18-32-23/h2-12,14-15,26-27H,13,16-18H2,1H3/b8-5+/t26-,27-/m0/s1. The topological polar surface area (TPSA) is 58.7 Å². The van der Waals surface area contributed by atoms with Crippen LogP contribution in [-0.4, -0.2) is 33.2 Å². The Morgan fingerprint density at radius 1 is 0.970 bits per heavy atom. The van der Waals surface area contributed by atoms with Crippen LogP contribution < -0.4 is 18.9 Å². The zero-order valence-corrected chi connectivity index (χ0v) is 18.4. The second-order valence-corrected chi connectivity index (χ2v) is 7.83. The molecule has 5 rings (SSSR count). The minimum atomic E-state index is -0.146. The molecule has 33 heavy (non-hydrogen) atoms. The van der Waals surface area contributed by atoms with E-state index in [2.05, 4.69) is 0 Å². The van der Waals surface area contributed by atoms with Gasteiger partial charge >= 0.3 is 0 Å². The van der Waals surface area contributed by atoms with Crippen molar-refractivity contribution in [2.24, 2.45) is 0 Å². The summed E-state index contributed by atoms with van der Waals surface area (Å²) < 4.78 is 34.0. The maximum atomic E-state index is 6.14. The van der Waals surface area contributed by atoms with Crippen molar-refractivity contribution < 1.29 is 28.4 Å². The van der Waals surface area contributed by atoms with Crippen LogP contribution in [0.3, 0.4) is 0 Å². The molecule has 2 aliphatic rings. The van der Waals surface area contributed by atoms with Crippen LogP contribution in [0.4, 0.5) is 0 Å². The number of rotatable bonds is 10. The fourth-order valence-electron chi connectivity index (χ4n) is 3.72. The molecule has 0 spiro atoms. The summed E-state index contributed by atoms with van der Waals surface area (Å²) in [5.74, 6) is 2.92. The molecule has 0 N–H and O–H groups in total. The highest BCUT2D eigenvalue weighted by atomic mass is 16.7. The molecule has 6 nitrogen and oxygen atoms in total. The van der Waals surface area contributed by atoms with E-state index in [1.165, 1.54) is 0 Å². The lowest BCUT2D eigenvalue weighted by molar-refractivity contribution is 0.0510. The van der Waals surface area contributed by atoms with E-state index in [9.17, 15) is 0 Å². The van der Waals surface area contributed by atoms with Crippen LogP contribution in [-0.2, 0) is 16.1 Å². The lowest BCUT2D eigenvalue weighted by Gasteiger charge is -2.15. The van der Waals surface area contributed by atoms with Crippen LogP contribution in [0.25, 0.3) is 6.08 Å². The number of hydrogen-bond acceptors (Lipinski definition) is 6. The highest BCUT2D eigenvalue weighted by molar-refractivity contribution is 5.56. The Balaban J connectivity index is 1.19. The Kier molecular flexibility index (Phi) is 6.46. The van der Waals surface area contributed by atoms with Crippen molar-refractivity contribution in [2.75, 3.05) is 27.1 Å². The quantitative estimate of drug-likeness (QED) is 0.401. The molecule has 0 aromatic heterocycles. The van der Waals surface area contributed by atoms with Crippen LogP contribution in [0, 0.1) is 0 Å². The molecule has 170 valence electrons. The zero-order valence-electron chi connectivity index (χ0n) is 18.4. The first-order valence-corrected chi connectivity index (χ1v) is 10.9. The Bertz CT molecular complexity index is 1110. The molecule has 0 saturated carbocycles. The molecule has 1 saturated heterocycles. The predicted molar refractivity (Wildman–Crippen MR) is 124 cm³/mol. The van der Waals surface area contributed by atoms with Gasteiger partial charge in [-0.15, -0.1) is 0 Å². The molecular formula is C27H26O6. The number of ether oxygens (including phenoxy) is 6. The third kappa shape index (κ3) is 5.30. The molecule has 2 heterocycles. The summed E-state index contributed by atoms with van der Waals surface area (Å²) >= 11 is 0. The normalized spacial score (nSPS) is 17.2. The van der Waals surface area contributed by atoms with E-state index in [4.69, 9.17) is 28.4 Å². The van der Waals surface area contributed by atoms with Gasteiger partial charge in [-0.2, -0.15) is 0 Å². The van der Waals surface area contributed by atoms with Gasteiger partial charge in [0.1, 0.15) is 18.8 Å². The van der Waals surface area contributed by atoms with Gasteiger partial charge in [-0.05, 0) is 41.0 Å². The number of epoxide rings is 1. The van der Waals surface area contributed by atoms with Crippen LogP contribution in [0.5, 0.6) is 23.0 Å². The summed E-state index contributed by atoms with van der Waals surface area (Å²) in [5, 5.41) is 0. The largest absolute Gasteiger partial charge is 0.493 e. The van der Waals surface area contributed by atoms with Crippen molar-refractivity contribution in [2.45, 2.75) is 18.8 Å². The van der Waals surface area contributed by atoms with Crippen molar-refractivity contribution in [1.29, 1.82) is 0 Å². The molecule has 3 aromatic rings. The molecule has 0 unspecified atom stereocenters. The highest BCUT2D eigenvalue weighted by Gasteiger charge is 2.35. The van der Waals surface area contributed by atoms with Gasteiger partial charge in [0, 0.05) is 0 Å². The average Bonchev–Trinajstić information content (AvgIpc) is 3.59. The molecule has 0 bridgehead atoms. The summed E-state index contributed by atoms with van der Waals surface area (Å²) in [7, 11) is 1.65. The molecule has 0 aliphatic carbocycles. The Labute approximate surface area is 193 Å². The molecular weight excluding hydrogens is 420 g/mol. The summed E-state index contributed by atoms with van der Waals surface area (Å²) in [6, 6.07) is 21.8. The maximum absolute atomic E-state index is 6.14. The highest BCUT2D eigenvalue weighted by Crippen LogP contribution is 2.38. The lowest BCUT2D eigenvalue weighted by Crippen LogP contribution is -2.11. The Morgan fingerprint density at radius 3 is 2.64 bits per heavy atom. The fourth-order valence-corrected chi connectivity index (χ4v) is 3.72. The van der Waals surface area contributed by atoms with Crippen molar-refractivity contribution in [3.8, 4) is 23.0 Å². The number of methoxy groups -OCH3 is 1. The van der Waals surface area contributed by atoms with E-state index in [0.717, 1.165) is 28.2 Å². The van der Waals surface area contributed by atoms with Crippen molar-refractivity contribution in [3.05, 3.63) is 89.5 Å². The fraction of sp³-hybridized carbons (Fsp3) is 0.259. The van der Waals surface area contributed by atoms with Crippen molar-refractivity contribution in [3.63, 3.8) is 0 Å². The molecule has 3 aromatic carbocycles. The molecule has 2 atom stereocenters. The third-order valence-electron chi connectivity index (χ3n) is 5.53. The van der Waals surface area contributed by atoms with E-state index >= 15 is 0 Å². The van der Waals surface area contributed by atoms with Gasteiger partial charge in [0.15, 0.2) is 23.0 Å². The van der Waals surface area contributed by atoms with E-state index in [0.29, 0.717) is 31.3 Å². The molecule has 2 aliphatic heterocycles. The van der Waals surface area contributed by atoms with Gasteiger partial charge in [-0.25, -0.2) is 0 Å². The summed E-state index contributed by atoms with van der Waals surface area (Å²) in [6.07, 6.45) is 3.92. The maximum Gasteiger partial charge on any atom is 0.231 e. The number of fused-ring (bicyclic) bond motifs is 1. The Hall–Kier alpha value is -3.48. The van der Waals surface area contributed by atoms with Gasteiger partial charge in [0.05, 0.1) is 20.3 Å². The van der Waals surface area contributed by atoms with Crippen molar-refractivity contribution in [1.82, 2.24) is 0 Å². The molecule has 0 amide bonds. The first-order valence-electron chi connectivity index (χ1n) is 10.9. The van der Waals surface area contributed by atoms with Crippen LogP contribution in [0.2, 0.25) is 0 Å². The van der Waals surface area contributed by atoms with Gasteiger partial charge in [0.25, 0.3) is 0 Å². The van der Waals surface area contributed by atoms with Crippen molar-refractivity contribution >= 4 is 6.08 Å². The van der Waals surface area contributed by atoms with Gasteiger partial charge in [-0.3, -0.25) is 0 Å². The summed E-state index contributed by atoms with van der Waals surface area (Å²) in [4.78, 5) is 0. The minimum Gasteiger partial charge on any atom is -0.493 e. The lowest BCUT2D eigenvalue weighted by atomic mass is 10.1. The Morgan fingerprint density at radius 2 is 1.82 bits per heavy atom. The molecule has 1 fully saturated rings. The first-order chi connectivity index (χ1) is 16.3. The minimum absolute atomic E-state index is 0.0694. The van der Waals surface area contributed by atoms with E-state index in [1.807, 2.05) is 78.9 Å². The SMILES string of the molecule is COc1cc(/C=C/CO[C@@H](c2ccc3c(c2)OCO3)[C@@H]2CO2)ccc1OCc1ccccc1. The smallest absolute Gasteiger partial charge is 0.231 e. The monoisotopic (exact) mass is 446 g/mol. The first kappa shape index (κ1) is 21.4. The number of hydrogen-bond donors (Lipinski definition) is 0. The van der Waals surface area contributed by atoms with E-state index in [1.54, 1.807) is 7.11 Å². The second-order valence-electron chi connectivity index (χ2n) is 7.83. The average molecular weight is 446 g/mol. The molecule has 6 heteroatoms. The van der Waals surface area contributed by atoms with Gasteiger partial charge in [-0.1, -0.05) is 54.6 Å². The van der Waals surface area contributed by atoms with E-state index < -0.39 is 0 Å². The zero-order chi connectivity index (χ0) is 22.5. The van der Waals surface area contributed by atoms with Gasteiger partial charge < -0.3 is 28.4 Å². The summed E-state index contributed by atoms with van der Waals surface area (Å²) in [5.41, 5.74) is 3.14. The van der Waals surface area contributed by atoms with Gasteiger partial charge in [0.2, 0.25) is 6.79 Å². The number of benzene rings is 3. The van der Waals surface area contributed by atoms with Crippen LogP contribution in [0.15, 0.2) is 72.8 Å². The van der Waals surface area contributed by atoms with E-state index in [-0.39, 0.29) is 19.0 Å².